The fourth-order valence-electron chi connectivity index (χ4n) is 1.31. The van der Waals surface area contributed by atoms with Crippen LogP contribution in [-0.2, 0) is 0 Å². The summed E-state index contributed by atoms with van der Waals surface area (Å²) in [6.07, 6.45) is 3.56. The van der Waals surface area contributed by atoms with Gasteiger partial charge in [-0.25, -0.2) is 0 Å². The first kappa shape index (κ1) is 18.1. The number of hydrogen-bond acceptors (Lipinski definition) is 8. The van der Waals surface area contributed by atoms with Crippen LogP contribution in [0.25, 0.3) is 0 Å². The number of halogens is 1. The van der Waals surface area contributed by atoms with Crippen LogP contribution in [-0.4, -0.2) is 24.9 Å². The van der Waals surface area contributed by atoms with Crippen molar-refractivity contribution in [1.82, 2.24) is 4.98 Å². The molecule has 1 aromatic heterocycles. The smallest absolute Gasteiger partial charge is 0.324 e. The third-order valence-corrected chi connectivity index (χ3v) is 3.02. The Hall–Kier alpha value is -2.90. The van der Waals surface area contributed by atoms with E-state index < -0.39 is 37.6 Å². The van der Waals surface area contributed by atoms with E-state index in [2.05, 4.69) is 27.6 Å². The summed E-state index contributed by atoms with van der Waals surface area (Å²) in [5, 5.41) is 40.2. The second kappa shape index (κ2) is 7.92. The van der Waals surface area contributed by atoms with Crippen molar-refractivity contribution >= 4 is 39.7 Å². The van der Waals surface area contributed by atoms with Crippen molar-refractivity contribution in [2.24, 2.45) is 0 Å². The molecule has 1 N–H and O–H groups in total. The van der Waals surface area contributed by atoms with Gasteiger partial charge in [-0.1, -0.05) is 0 Å². The SMILES string of the molecule is Ic1ccncc1.O=[N+]([O-])c1cc([N+](=O)[O-])c(O)c([N+](=O)[O-])c1. The molecule has 11 nitrogen and oxygen atoms in total. The van der Waals surface area contributed by atoms with Crippen LogP contribution in [0.4, 0.5) is 17.1 Å². The highest BCUT2D eigenvalue weighted by molar-refractivity contribution is 14.1. The van der Waals surface area contributed by atoms with Gasteiger partial charge in [0.1, 0.15) is 0 Å². The molecule has 0 amide bonds. The third-order valence-electron chi connectivity index (χ3n) is 2.30. The minimum Gasteiger partial charge on any atom is -0.497 e. The lowest BCUT2D eigenvalue weighted by Crippen LogP contribution is -1.97. The highest BCUT2D eigenvalue weighted by atomic mass is 127. The van der Waals surface area contributed by atoms with Crippen LogP contribution in [0.3, 0.4) is 0 Å². The van der Waals surface area contributed by atoms with E-state index in [-0.39, 0.29) is 0 Å². The molecule has 0 saturated heterocycles. The van der Waals surface area contributed by atoms with Crippen LogP contribution in [0, 0.1) is 33.9 Å². The molecule has 0 spiro atoms. The number of nitrogens with zero attached hydrogens (tertiary/aromatic N) is 4. The predicted octanol–water partition coefficient (Wildman–Crippen LogP) is 2.80. The Kier molecular flexibility index (Phi) is 6.25. The molecule has 2 aromatic rings. The van der Waals surface area contributed by atoms with Crippen LogP contribution >= 0.6 is 22.6 Å². The number of aromatic nitrogens is 1. The highest BCUT2D eigenvalue weighted by Gasteiger charge is 2.30. The average molecular weight is 434 g/mol. The first-order valence-corrected chi connectivity index (χ1v) is 6.67. The second-order valence-corrected chi connectivity index (χ2v) is 5.02. The van der Waals surface area contributed by atoms with E-state index in [0.717, 1.165) is 0 Å². The van der Waals surface area contributed by atoms with Crippen molar-refractivity contribution in [2.75, 3.05) is 0 Å². The minimum absolute atomic E-state index is 0.447. The minimum atomic E-state index is -1.21. The molecule has 0 fully saturated rings. The first-order chi connectivity index (χ1) is 10.7. The van der Waals surface area contributed by atoms with Crippen molar-refractivity contribution in [3.63, 3.8) is 0 Å². The molecular weight excluding hydrogens is 427 g/mol. The number of non-ortho nitro benzene ring substituents is 1. The van der Waals surface area contributed by atoms with E-state index >= 15 is 0 Å². The Balaban J connectivity index is 0.000000313. The molecule has 12 heteroatoms. The normalized spacial score (nSPS) is 9.43. The maximum atomic E-state index is 10.4. The van der Waals surface area contributed by atoms with Gasteiger partial charge in [0.2, 0.25) is 0 Å². The fourth-order valence-corrected chi connectivity index (χ4v) is 1.63. The summed E-state index contributed by atoms with van der Waals surface area (Å²) in [6.45, 7) is 0. The van der Waals surface area contributed by atoms with Gasteiger partial charge in [-0.05, 0) is 34.7 Å². The molecule has 23 heavy (non-hydrogen) atoms. The number of nitro benzene ring substituents is 3. The van der Waals surface area contributed by atoms with Gasteiger partial charge in [0.15, 0.2) is 0 Å². The molecule has 120 valence electrons. The van der Waals surface area contributed by atoms with Crippen molar-refractivity contribution < 1.29 is 19.9 Å². The lowest BCUT2D eigenvalue weighted by Gasteiger charge is -1.97. The number of phenols is 1. The Morgan fingerprint density at radius 3 is 1.61 bits per heavy atom. The molecule has 0 radical (unpaired) electrons. The van der Waals surface area contributed by atoms with Crippen molar-refractivity contribution in [3.8, 4) is 5.75 Å². The molecule has 0 unspecified atom stereocenters. The summed E-state index contributed by atoms with van der Waals surface area (Å²) in [5.74, 6) is -1.21. The van der Waals surface area contributed by atoms with Crippen molar-refractivity contribution in [1.29, 1.82) is 0 Å². The lowest BCUT2D eigenvalue weighted by molar-refractivity contribution is -0.404. The van der Waals surface area contributed by atoms with E-state index in [4.69, 9.17) is 5.11 Å². The number of phenolic OH excluding ortho intramolecular Hbond substituents is 1. The van der Waals surface area contributed by atoms with E-state index in [0.29, 0.717) is 12.1 Å². The van der Waals surface area contributed by atoms with Crippen LogP contribution in [0.15, 0.2) is 36.7 Å². The largest absolute Gasteiger partial charge is 0.497 e. The van der Waals surface area contributed by atoms with E-state index in [1.54, 1.807) is 12.4 Å². The molecule has 0 bridgehead atoms. The number of aromatic hydroxyl groups is 1. The molecule has 2 rings (SSSR count). The van der Waals surface area contributed by atoms with Crippen LogP contribution < -0.4 is 0 Å². The first-order valence-electron chi connectivity index (χ1n) is 5.59. The zero-order valence-electron chi connectivity index (χ0n) is 11.0. The fraction of sp³-hybridized carbons (Fsp3) is 0. The third kappa shape index (κ3) is 5.10. The molecule has 0 aliphatic heterocycles. The summed E-state index contributed by atoms with van der Waals surface area (Å²) in [4.78, 5) is 31.6. The van der Waals surface area contributed by atoms with E-state index in [1.165, 1.54) is 3.57 Å². The second-order valence-electron chi connectivity index (χ2n) is 3.77. The zero-order chi connectivity index (χ0) is 17.6. The number of rotatable bonds is 3. The molecular formula is C11H7IN4O7. The summed E-state index contributed by atoms with van der Waals surface area (Å²) in [6, 6.07) is 4.81. The van der Waals surface area contributed by atoms with Crippen molar-refractivity contribution in [2.45, 2.75) is 0 Å². The quantitative estimate of drug-likeness (QED) is 0.438. The van der Waals surface area contributed by atoms with E-state index in [9.17, 15) is 30.3 Å². The number of nitro groups is 3. The molecule has 0 atom stereocenters. The van der Waals surface area contributed by atoms with E-state index in [1.807, 2.05) is 12.1 Å². The van der Waals surface area contributed by atoms with Crippen LogP contribution in [0.5, 0.6) is 5.75 Å². The van der Waals surface area contributed by atoms with Gasteiger partial charge in [0, 0.05) is 16.0 Å². The van der Waals surface area contributed by atoms with Crippen LogP contribution in [0.2, 0.25) is 0 Å². The van der Waals surface area contributed by atoms with Crippen LogP contribution in [0.1, 0.15) is 0 Å². The van der Waals surface area contributed by atoms with Gasteiger partial charge in [0.25, 0.3) is 11.4 Å². The number of pyridine rings is 1. The molecule has 1 heterocycles. The van der Waals surface area contributed by atoms with Gasteiger partial charge in [-0.3, -0.25) is 35.3 Å². The number of benzene rings is 1. The van der Waals surface area contributed by atoms with Gasteiger partial charge in [0.05, 0.1) is 26.9 Å². The Morgan fingerprint density at radius 2 is 1.35 bits per heavy atom. The van der Waals surface area contributed by atoms with Gasteiger partial charge < -0.3 is 5.11 Å². The lowest BCUT2D eigenvalue weighted by atomic mass is 10.2. The summed E-state index contributed by atoms with van der Waals surface area (Å²) < 4.78 is 1.23. The standard InChI is InChI=1S/C6H3N3O7.C5H4IN/c10-6-4(8(13)14)1-3(7(11)12)2-5(6)9(15)16;6-5-1-3-7-4-2-5/h1-2,10H;1-4H. The Morgan fingerprint density at radius 1 is 0.913 bits per heavy atom. The monoisotopic (exact) mass is 434 g/mol. The average Bonchev–Trinajstić information content (AvgIpc) is 2.48. The summed E-state index contributed by atoms with van der Waals surface area (Å²) in [7, 11) is 0. The molecule has 0 aliphatic rings. The topological polar surface area (TPSA) is 163 Å². The summed E-state index contributed by atoms with van der Waals surface area (Å²) >= 11 is 2.24. The van der Waals surface area contributed by atoms with Gasteiger partial charge in [-0.2, -0.15) is 0 Å². The Bertz CT molecular complexity index is 718. The van der Waals surface area contributed by atoms with Gasteiger partial charge in [-0.15, -0.1) is 0 Å². The Labute approximate surface area is 141 Å². The predicted molar refractivity (Wildman–Crippen MR) is 85.0 cm³/mol. The van der Waals surface area contributed by atoms with Crippen molar-refractivity contribution in [3.05, 3.63) is 70.6 Å². The number of hydrogen-bond donors (Lipinski definition) is 1. The zero-order valence-corrected chi connectivity index (χ0v) is 13.2. The molecule has 0 saturated carbocycles. The molecule has 0 aliphatic carbocycles. The maximum absolute atomic E-state index is 10.4. The van der Waals surface area contributed by atoms with Gasteiger partial charge >= 0.3 is 11.4 Å². The maximum Gasteiger partial charge on any atom is 0.324 e. The summed E-state index contributed by atoms with van der Waals surface area (Å²) in [5.41, 5.74) is -3.00. The highest BCUT2D eigenvalue weighted by Crippen LogP contribution is 2.38. The molecule has 1 aromatic carbocycles.